The molecule has 1 saturated carbocycles. The van der Waals surface area contributed by atoms with Crippen molar-refractivity contribution in [2.24, 2.45) is 0 Å². The van der Waals surface area contributed by atoms with Crippen molar-refractivity contribution in [3.05, 3.63) is 40.0 Å². The molecule has 0 bridgehead atoms. The Labute approximate surface area is 145 Å². The molecular formula is C19H22BrNO2. The van der Waals surface area contributed by atoms with Crippen LogP contribution in [-0.2, 0) is 4.74 Å². The zero-order valence-electron chi connectivity index (χ0n) is 13.9. The van der Waals surface area contributed by atoms with Crippen LogP contribution in [-0.4, -0.2) is 16.3 Å². The predicted molar refractivity (Wildman–Crippen MR) is 97.7 cm³/mol. The Hall–Kier alpha value is -1.55. The number of rotatable bonds is 1. The molecule has 0 amide bonds. The third kappa shape index (κ3) is 3.69. The van der Waals surface area contributed by atoms with E-state index in [1.165, 1.54) is 18.4 Å². The van der Waals surface area contributed by atoms with E-state index >= 15 is 0 Å². The van der Waals surface area contributed by atoms with E-state index < -0.39 is 5.60 Å². The Kier molecular flexibility index (Phi) is 4.37. The fraction of sp³-hybridized carbons (Fsp3) is 0.421. The van der Waals surface area contributed by atoms with Crippen LogP contribution in [0.1, 0.15) is 52.0 Å². The van der Waals surface area contributed by atoms with Crippen LogP contribution in [0.15, 0.2) is 34.4 Å². The molecule has 1 heterocycles. The maximum Gasteiger partial charge on any atom is 0.419 e. The first-order valence-corrected chi connectivity index (χ1v) is 8.86. The molecule has 1 aliphatic rings. The molecule has 0 unspecified atom stereocenters. The lowest BCUT2D eigenvalue weighted by molar-refractivity contribution is 0.0544. The normalized spacial score (nSPS) is 15.2. The largest absolute Gasteiger partial charge is 0.443 e. The molecule has 1 aliphatic carbocycles. The molecule has 3 rings (SSSR count). The van der Waals surface area contributed by atoms with Gasteiger partial charge in [0.15, 0.2) is 0 Å². The number of carbonyl (C=O) groups excluding carboxylic acids is 1. The van der Waals surface area contributed by atoms with Gasteiger partial charge in [0.2, 0.25) is 0 Å². The molecule has 0 N–H and O–H groups in total. The van der Waals surface area contributed by atoms with E-state index in [0.717, 1.165) is 33.8 Å². The number of benzene rings is 1. The quantitative estimate of drug-likeness (QED) is 0.598. The topological polar surface area (TPSA) is 31.2 Å². The molecule has 3 nitrogen and oxygen atoms in total. The highest BCUT2D eigenvalue weighted by Crippen LogP contribution is 2.31. The fourth-order valence-electron chi connectivity index (χ4n) is 3.00. The number of ether oxygens (including phenoxy) is 1. The Bertz CT molecular complexity index is 772. The summed E-state index contributed by atoms with van der Waals surface area (Å²) in [6.07, 6.45) is 8.65. The molecule has 122 valence electrons. The van der Waals surface area contributed by atoms with Crippen LogP contribution in [0.4, 0.5) is 4.79 Å². The summed E-state index contributed by atoms with van der Waals surface area (Å²) in [6, 6.07) is 5.98. The van der Waals surface area contributed by atoms with Crippen molar-refractivity contribution >= 4 is 39.0 Å². The Morgan fingerprint density at radius 3 is 2.61 bits per heavy atom. The van der Waals surface area contributed by atoms with Crippen molar-refractivity contribution < 1.29 is 9.53 Å². The highest BCUT2D eigenvalue weighted by Gasteiger charge is 2.20. The second kappa shape index (κ2) is 6.16. The average molecular weight is 376 g/mol. The fourth-order valence-corrected chi connectivity index (χ4v) is 3.36. The Balaban J connectivity index is 2.08. The highest BCUT2D eigenvalue weighted by molar-refractivity contribution is 9.10. The number of hydrogen-bond acceptors (Lipinski definition) is 2. The minimum absolute atomic E-state index is 0.333. The summed E-state index contributed by atoms with van der Waals surface area (Å²) in [5.74, 6) is 0. The molecule has 1 fully saturated rings. The standard InChI is InChI=1S/C19H22BrNO2/c1-19(2,3)23-18(22)21-12-14(10-13-6-4-5-7-13)16-11-15(20)8-9-17(16)21/h8-12H,4-7H2,1-3H3. The second-order valence-corrected chi connectivity index (χ2v) is 8.02. The van der Waals surface area contributed by atoms with Crippen molar-refractivity contribution in [3.8, 4) is 0 Å². The van der Waals surface area contributed by atoms with E-state index in [0.29, 0.717) is 0 Å². The van der Waals surface area contributed by atoms with Crippen molar-refractivity contribution in [3.63, 3.8) is 0 Å². The number of nitrogens with zero attached hydrogens (tertiary/aromatic N) is 1. The SMILES string of the molecule is CC(C)(C)OC(=O)n1cc(C=C2CCCC2)c2cc(Br)ccc21. The van der Waals surface area contributed by atoms with E-state index in [4.69, 9.17) is 4.74 Å². The van der Waals surface area contributed by atoms with Crippen LogP contribution in [0.2, 0.25) is 0 Å². The molecule has 2 aromatic rings. The van der Waals surface area contributed by atoms with Crippen molar-refractivity contribution in [2.45, 2.75) is 52.1 Å². The first-order valence-electron chi connectivity index (χ1n) is 8.07. The summed E-state index contributed by atoms with van der Waals surface area (Å²) in [6.45, 7) is 5.65. The van der Waals surface area contributed by atoms with Crippen molar-refractivity contribution in [1.82, 2.24) is 4.57 Å². The number of hydrogen-bond donors (Lipinski definition) is 0. The van der Waals surface area contributed by atoms with E-state index in [1.807, 2.05) is 39.1 Å². The van der Waals surface area contributed by atoms with Gasteiger partial charge in [0.1, 0.15) is 5.60 Å². The van der Waals surface area contributed by atoms with Crippen LogP contribution in [0.3, 0.4) is 0 Å². The molecule has 0 atom stereocenters. The van der Waals surface area contributed by atoms with Gasteiger partial charge in [0.25, 0.3) is 0 Å². The average Bonchev–Trinajstić information content (AvgIpc) is 3.06. The maximum absolute atomic E-state index is 12.5. The number of allylic oxidation sites excluding steroid dienone is 1. The highest BCUT2D eigenvalue weighted by atomic mass is 79.9. The minimum Gasteiger partial charge on any atom is -0.443 e. The number of halogens is 1. The zero-order valence-corrected chi connectivity index (χ0v) is 15.4. The van der Waals surface area contributed by atoms with Gasteiger partial charge >= 0.3 is 6.09 Å². The number of fused-ring (bicyclic) bond motifs is 1. The van der Waals surface area contributed by atoms with E-state index in [2.05, 4.69) is 28.1 Å². The van der Waals surface area contributed by atoms with Crippen LogP contribution >= 0.6 is 15.9 Å². The molecule has 0 aliphatic heterocycles. The summed E-state index contributed by atoms with van der Waals surface area (Å²) in [5, 5.41) is 1.07. The number of aromatic nitrogens is 1. The molecule has 1 aromatic heterocycles. The molecule has 0 saturated heterocycles. The van der Waals surface area contributed by atoms with Gasteiger partial charge in [-0.3, -0.25) is 4.57 Å². The van der Waals surface area contributed by atoms with E-state index in [-0.39, 0.29) is 6.09 Å². The molecule has 23 heavy (non-hydrogen) atoms. The minimum atomic E-state index is -0.507. The van der Waals surface area contributed by atoms with Crippen molar-refractivity contribution in [2.75, 3.05) is 0 Å². The summed E-state index contributed by atoms with van der Waals surface area (Å²) in [5.41, 5.74) is 2.93. The van der Waals surface area contributed by atoms with Gasteiger partial charge in [-0.15, -0.1) is 0 Å². The molecule has 1 aromatic carbocycles. The van der Waals surface area contributed by atoms with Gasteiger partial charge in [0.05, 0.1) is 5.52 Å². The smallest absolute Gasteiger partial charge is 0.419 e. The van der Waals surface area contributed by atoms with Gasteiger partial charge < -0.3 is 4.74 Å². The molecular weight excluding hydrogens is 354 g/mol. The Morgan fingerprint density at radius 2 is 1.96 bits per heavy atom. The van der Waals surface area contributed by atoms with Gasteiger partial charge in [-0.2, -0.15) is 0 Å². The summed E-state index contributed by atoms with van der Waals surface area (Å²) in [4.78, 5) is 12.5. The van der Waals surface area contributed by atoms with Gasteiger partial charge in [-0.25, -0.2) is 4.79 Å². The predicted octanol–water partition coefficient (Wildman–Crippen LogP) is 6.14. The zero-order chi connectivity index (χ0) is 16.6. The summed E-state index contributed by atoms with van der Waals surface area (Å²) < 4.78 is 8.17. The van der Waals surface area contributed by atoms with Gasteiger partial charge in [0, 0.05) is 21.6 Å². The first kappa shape index (κ1) is 16.3. The Morgan fingerprint density at radius 1 is 1.26 bits per heavy atom. The monoisotopic (exact) mass is 375 g/mol. The third-order valence-electron chi connectivity index (χ3n) is 3.99. The van der Waals surface area contributed by atoms with Gasteiger partial charge in [-0.1, -0.05) is 27.6 Å². The van der Waals surface area contributed by atoms with E-state index in [1.54, 1.807) is 4.57 Å². The van der Waals surface area contributed by atoms with Crippen LogP contribution in [0, 0.1) is 0 Å². The van der Waals surface area contributed by atoms with Crippen molar-refractivity contribution in [1.29, 1.82) is 0 Å². The van der Waals surface area contributed by atoms with Crippen LogP contribution in [0.25, 0.3) is 17.0 Å². The third-order valence-corrected chi connectivity index (χ3v) is 4.49. The summed E-state index contributed by atoms with van der Waals surface area (Å²) in [7, 11) is 0. The summed E-state index contributed by atoms with van der Waals surface area (Å²) >= 11 is 3.53. The lowest BCUT2D eigenvalue weighted by Gasteiger charge is -2.19. The lowest BCUT2D eigenvalue weighted by atomic mass is 10.1. The van der Waals surface area contributed by atoms with Gasteiger partial charge in [-0.05, 0) is 64.7 Å². The lowest BCUT2D eigenvalue weighted by Crippen LogP contribution is -2.26. The second-order valence-electron chi connectivity index (χ2n) is 7.11. The molecule has 4 heteroatoms. The maximum atomic E-state index is 12.5. The number of carbonyl (C=O) groups is 1. The van der Waals surface area contributed by atoms with E-state index in [9.17, 15) is 4.79 Å². The van der Waals surface area contributed by atoms with Crippen LogP contribution < -0.4 is 0 Å². The molecule has 0 spiro atoms. The van der Waals surface area contributed by atoms with Crippen LogP contribution in [0.5, 0.6) is 0 Å². The first-order chi connectivity index (χ1) is 10.8. The molecule has 0 radical (unpaired) electrons.